The average molecular weight is 457 g/mol. The maximum atomic E-state index is 13.4. The number of ether oxygens (including phenoxy) is 2. The number of carbonyl (C=O) groups excluding carboxylic acids is 1. The van der Waals surface area contributed by atoms with E-state index < -0.39 is 11.7 Å². The number of hydrogen-bond acceptors (Lipinski definition) is 5. The van der Waals surface area contributed by atoms with E-state index in [1.807, 2.05) is 57.8 Å². The van der Waals surface area contributed by atoms with Crippen molar-refractivity contribution < 1.29 is 19.4 Å². The number of aliphatic hydroxyl groups excluding tert-OH is 1. The first-order chi connectivity index (χ1) is 16.3. The molecule has 0 radical (unpaired) electrons. The van der Waals surface area contributed by atoms with Gasteiger partial charge in [-0.3, -0.25) is 4.79 Å². The summed E-state index contributed by atoms with van der Waals surface area (Å²) in [5.74, 6) is 0.854. The molecule has 2 aliphatic rings. The maximum absolute atomic E-state index is 13.4. The fourth-order valence-corrected chi connectivity index (χ4v) is 4.81. The highest BCUT2D eigenvalue weighted by Crippen LogP contribution is 2.45. The first-order valence-electron chi connectivity index (χ1n) is 11.9. The van der Waals surface area contributed by atoms with Crippen molar-refractivity contribution in [2.45, 2.75) is 56.8 Å². The zero-order chi connectivity index (χ0) is 23.9. The molecular formula is C25H29B2N3O4. The van der Waals surface area contributed by atoms with Gasteiger partial charge in [-0.15, -0.1) is 0 Å². The van der Waals surface area contributed by atoms with Crippen molar-refractivity contribution in [2.24, 2.45) is 0 Å². The fraction of sp³-hybridized carbons (Fsp3) is 0.360. The molecule has 34 heavy (non-hydrogen) atoms. The van der Waals surface area contributed by atoms with E-state index in [0.29, 0.717) is 29.9 Å². The van der Waals surface area contributed by atoms with Gasteiger partial charge in [-0.1, -0.05) is 25.0 Å². The lowest BCUT2D eigenvalue weighted by Gasteiger charge is -2.28. The van der Waals surface area contributed by atoms with Gasteiger partial charge in [0, 0.05) is 12.4 Å². The number of hydrogen-bond donors (Lipinski definition) is 2. The SMILES string of the molecule is BC1(B)Oc2c(C(=O)N[C@H]3CCCC[C@@H]3O)cc(Cc3ccc(-n4cccn4)cc3)c(C)c2O1. The van der Waals surface area contributed by atoms with E-state index in [1.165, 1.54) is 0 Å². The van der Waals surface area contributed by atoms with Crippen LogP contribution in [0.5, 0.6) is 11.5 Å². The van der Waals surface area contributed by atoms with Gasteiger partial charge in [0.1, 0.15) is 0 Å². The first-order valence-corrected chi connectivity index (χ1v) is 11.9. The van der Waals surface area contributed by atoms with Crippen molar-refractivity contribution in [1.29, 1.82) is 0 Å². The van der Waals surface area contributed by atoms with Crippen LogP contribution in [0.4, 0.5) is 0 Å². The number of amides is 1. The van der Waals surface area contributed by atoms with E-state index >= 15 is 0 Å². The highest BCUT2D eigenvalue weighted by Gasteiger charge is 2.37. The molecule has 1 fully saturated rings. The van der Waals surface area contributed by atoms with Crippen LogP contribution in [-0.2, 0) is 6.42 Å². The van der Waals surface area contributed by atoms with Crippen LogP contribution in [0, 0.1) is 6.92 Å². The summed E-state index contributed by atoms with van der Waals surface area (Å²) in [6, 6.07) is 11.8. The molecule has 1 aliphatic carbocycles. The van der Waals surface area contributed by atoms with Gasteiger partial charge in [0.25, 0.3) is 5.91 Å². The van der Waals surface area contributed by atoms with Crippen molar-refractivity contribution >= 4 is 21.6 Å². The van der Waals surface area contributed by atoms with Gasteiger partial charge in [0.15, 0.2) is 32.8 Å². The summed E-state index contributed by atoms with van der Waals surface area (Å²) >= 11 is 0. The second-order valence-electron chi connectivity index (χ2n) is 9.70. The summed E-state index contributed by atoms with van der Waals surface area (Å²) in [6.07, 6.45) is 7.27. The summed E-state index contributed by atoms with van der Waals surface area (Å²) in [5, 5.41) is 17.7. The Balaban J connectivity index is 1.45. The lowest BCUT2D eigenvalue weighted by atomic mass is 9.76. The highest BCUT2D eigenvalue weighted by atomic mass is 16.7. The Morgan fingerprint density at radius 2 is 1.94 bits per heavy atom. The first kappa shape index (κ1) is 22.6. The van der Waals surface area contributed by atoms with Crippen LogP contribution in [0.3, 0.4) is 0 Å². The van der Waals surface area contributed by atoms with E-state index in [-0.39, 0.29) is 11.9 Å². The van der Waals surface area contributed by atoms with Gasteiger partial charge >= 0.3 is 0 Å². The lowest BCUT2D eigenvalue weighted by molar-refractivity contribution is 0.0699. The monoisotopic (exact) mass is 457 g/mol. The van der Waals surface area contributed by atoms with Crippen LogP contribution in [-0.4, -0.2) is 54.2 Å². The Labute approximate surface area is 201 Å². The quantitative estimate of drug-likeness (QED) is 0.567. The minimum absolute atomic E-state index is 0.237. The molecule has 7 nitrogen and oxygen atoms in total. The van der Waals surface area contributed by atoms with Crippen molar-refractivity contribution in [3.8, 4) is 17.2 Å². The molecule has 3 aromatic rings. The molecule has 0 unspecified atom stereocenters. The molecule has 1 aromatic heterocycles. The molecule has 9 heteroatoms. The van der Waals surface area contributed by atoms with E-state index in [1.54, 1.807) is 6.20 Å². The standard InChI is InChI=1S/C25H29B2N3O4/c1-15-17(13-16-7-9-18(10-8-16)30-12-4-11-28-30)14-19(23-22(15)33-25(26,27)34-23)24(32)29-20-5-2-3-6-21(20)31/h4,7-12,14,20-21,31H,2-3,5-6,13,26-27H2,1H3,(H,29,32)/t20-,21-/m0/s1. The van der Waals surface area contributed by atoms with Crippen molar-refractivity contribution in [3.05, 3.63) is 71.0 Å². The Kier molecular flexibility index (Phi) is 5.90. The van der Waals surface area contributed by atoms with Crippen molar-refractivity contribution in [1.82, 2.24) is 15.1 Å². The van der Waals surface area contributed by atoms with E-state index in [9.17, 15) is 9.90 Å². The Morgan fingerprint density at radius 1 is 1.21 bits per heavy atom. The molecule has 0 bridgehead atoms. The second kappa shape index (κ2) is 8.87. The predicted octanol–water partition coefficient (Wildman–Crippen LogP) is 1.45. The Hall–Kier alpha value is -3.19. The number of fused-ring (bicyclic) bond motifs is 1. The lowest BCUT2D eigenvalue weighted by Crippen LogP contribution is -2.45. The molecule has 1 amide bonds. The summed E-state index contributed by atoms with van der Waals surface area (Å²) in [5.41, 5.74) is 3.67. The molecule has 2 heterocycles. The Morgan fingerprint density at radius 3 is 2.65 bits per heavy atom. The van der Waals surface area contributed by atoms with Crippen molar-refractivity contribution in [2.75, 3.05) is 0 Å². The average Bonchev–Trinajstić information content (AvgIpc) is 3.45. The highest BCUT2D eigenvalue weighted by molar-refractivity contribution is 6.38. The number of benzene rings is 2. The summed E-state index contributed by atoms with van der Waals surface area (Å²) in [7, 11) is 3.68. The molecule has 0 spiro atoms. The van der Waals surface area contributed by atoms with Crippen LogP contribution < -0.4 is 14.8 Å². The van der Waals surface area contributed by atoms with Crippen LogP contribution in [0.2, 0.25) is 0 Å². The summed E-state index contributed by atoms with van der Waals surface area (Å²) < 4.78 is 14.0. The number of nitrogens with one attached hydrogen (secondary N) is 1. The third-order valence-electron chi connectivity index (χ3n) is 6.68. The largest absolute Gasteiger partial charge is 0.466 e. The molecule has 174 valence electrons. The molecule has 2 atom stereocenters. The van der Waals surface area contributed by atoms with Crippen LogP contribution in [0.15, 0.2) is 48.8 Å². The van der Waals surface area contributed by atoms with Crippen LogP contribution in [0.1, 0.15) is 52.7 Å². The number of aliphatic hydroxyl groups is 1. The van der Waals surface area contributed by atoms with E-state index in [4.69, 9.17) is 9.47 Å². The van der Waals surface area contributed by atoms with E-state index in [0.717, 1.165) is 41.6 Å². The van der Waals surface area contributed by atoms with Gasteiger partial charge in [-0.2, -0.15) is 5.10 Å². The minimum atomic E-state index is -0.851. The molecule has 1 saturated carbocycles. The number of aromatic nitrogens is 2. The van der Waals surface area contributed by atoms with Gasteiger partial charge in [-0.25, -0.2) is 4.68 Å². The normalized spacial score (nSPS) is 20.8. The van der Waals surface area contributed by atoms with Gasteiger partial charge in [0.2, 0.25) is 0 Å². The molecule has 1 aliphatic heterocycles. The maximum Gasteiger partial charge on any atom is 0.255 e. The number of carbonyl (C=O) groups is 1. The topological polar surface area (TPSA) is 85.6 Å². The zero-order valence-electron chi connectivity index (χ0n) is 19.9. The molecule has 2 aromatic carbocycles. The smallest absolute Gasteiger partial charge is 0.255 e. The summed E-state index contributed by atoms with van der Waals surface area (Å²) in [6.45, 7) is 2.00. The third-order valence-corrected chi connectivity index (χ3v) is 6.68. The molecule has 0 saturated heterocycles. The van der Waals surface area contributed by atoms with Gasteiger partial charge < -0.3 is 19.9 Å². The minimum Gasteiger partial charge on any atom is -0.466 e. The summed E-state index contributed by atoms with van der Waals surface area (Å²) in [4.78, 5) is 13.4. The third kappa shape index (κ3) is 4.44. The molecular weight excluding hydrogens is 428 g/mol. The molecule has 2 N–H and O–H groups in total. The van der Waals surface area contributed by atoms with Crippen molar-refractivity contribution in [3.63, 3.8) is 0 Å². The fourth-order valence-electron chi connectivity index (χ4n) is 4.81. The van der Waals surface area contributed by atoms with Gasteiger partial charge in [-0.05, 0) is 67.1 Å². The van der Waals surface area contributed by atoms with E-state index in [2.05, 4.69) is 22.5 Å². The zero-order valence-corrected chi connectivity index (χ0v) is 19.9. The van der Waals surface area contributed by atoms with Crippen LogP contribution in [0.25, 0.3) is 5.69 Å². The number of rotatable bonds is 5. The Bertz CT molecular complexity index is 1200. The van der Waals surface area contributed by atoms with Crippen LogP contribution >= 0.6 is 0 Å². The predicted molar refractivity (Wildman–Crippen MR) is 134 cm³/mol. The second-order valence-corrected chi connectivity index (χ2v) is 9.70. The van der Waals surface area contributed by atoms with Gasteiger partial charge in [0.05, 0.1) is 23.4 Å². The number of nitrogens with zero attached hydrogens (tertiary/aromatic N) is 2. The molecule has 5 rings (SSSR count).